The van der Waals surface area contributed by atoms with Crippen molar-refractivity contribution in [1.82, 2.24) is 4.98 Å². The average Bonchev–Trinajstić information content (AvgIpc) is 2.74. The number of aromatic nitrogens is 1. The summed E-state index contributed by atoms with van der Waals surface area (Å²) in [4.78, 5) is 4.41. The largest absolute Gasteiger partial charge is 0.486 e. The molecule has 1 aromatic heterocycles. The summed E-state index contributed by atoms with van der Waals surface area (Å²) in [5.41, 5.74) is 10.2. The lowest BCUT2D eigenvalue weighted by atomic mass is 10.0. The molecule has 0 aliphatic rings. The van der Waals surface area contributed by atoms with Crippen molar-refractivity contribution >= 4 is 11.3 Å². The minimum absolute atomic E-state index is 0.538. The number of benzene rings is 1. The predicted octanol–water partition coefficient (Wildman–Crippen LogP) is 3.15. The number of rotatable bonds is 5. The highest BCUT2D eigenvalue weighted by Crippen LogP contribution is 2.26. The van der Waals surface area contributed by atoms with Gasteiger partial charge in [0, 0.05) is 11.1 Å². The molecule has 0 amide bonds. The fourth-order valence-corrected chi connectivity index (χ4v) is 2.86. The van der Waals surface area contributed by atoms with E-state index in [9.17, 15) is 0 Å². The molecule has 0 aliphatic heterocycles. The molecule has 0 radical (unpaired) electrons. The van der Waals surface area contributed by atoms with Gasteiger partial charge in [-0.3, -0.25) is 0 Å². The number of aryl methyl sites for hydroxylation is 3. The third-order valence-electron chi connectivity index (χ3n) is 2.96. The summed E-state index contributed by atoms with van der Waals surface area (Å²) in [6.45, 7) is 7.37. The fraction of sp³-hybridized carbons (Fsp3) is 0.400. The SMILES string of the molecule is Cc1csc(COc2c(C)cc(CCN)cc2C)n1. The first-order chi connectivity index (χ1) is 9.10. The summed E-state index contributed by atoms with van der Waals surface area (Å²) >= 11 is 1.64. The molecule has 1 heterocycles. The molecule has 0 bridgehead atoms. The Morgan fingerprint density at radius 2 is 1.89 bits per heavy atom. The van der Waals surface area contributed by atoms with Crippen LogP contribution in [0, 0.1) is 20.8 Å². The van der Waals surface area contributed by atoms with Gasteiger partial charge in [0.05, 0.1) is 0 Å². The molecule has 2 aromatic rings. The molecule has 0 unspecified atom stereocenters. The molecule has 2 N–H and O–H groups in total. The van der Waals surface area contributed by atoms with Gasteiger partial charge in [0.1, 0.15) is 17.4 Å². The Kier molecular flexibility index (Phi) is 4.56. The molecule has 0 saturated carbocycles. The van der Waals surface area contributed by atoms with Crippen LogP contribution < -0.4 is 10.5 Å². The van der Waals surface area contributed by atoms with E-state index in [1.807, 2.05) is 12.3 Å². The van der Waals surface area contributed by atoms with Crippen molar-refractivity contribution in [2.24, 2.45) is 5.73 Å². The first-order valence-electron chi connectivity index (χ1n) is 6.44. The van der Waals surface area contributed by atoms with E-state index < -0.39 is 0 Å². The predicted molar refractivity (Wildman–Crippen MR) is 79.9 cm³/mol. The topological polar surface area (TPSA) is 48.1 Å². The number of ether oxygens (including phenoxy) is 1. The van der Waals surface area contributed by atoms with Crippen molar-refractivity contribution in [1.29, 1.82) is 0 Å². The number of nitrogens with two attached hydrogens (primary N) is 1. The maximum Gasteiger partial charge on any atom is 0.140 e. The highest BCUT2D eigenvalue weighted by molar-refractivity contribution is 7.09. The van der Waals surface area contributed by atoms with Crippen LogP contribution in [0.25, 0.3) is 0 Å². The number of nitrogens with zero attached hydrogens (tertiary/aromatic N) is 1. The van der Waals surface area contributed by atoms with Crippen LogP contribution in [0.5, 0.6) is 5.75 Å². The van der Waals surface area contributed by atoms with E-state index in [-0.39, 0.29) is 0 Å². The summed E-state index contributed by atoms with van der Waals surface area (Å²) in [7, 11) is 0. The lowest BCUT2D eigenvalue weighted by Crippen LogP contribution is -2.04. The van der Waals surface area contributed by atoms with Crippen molar-refractivity contribution in [3.05, 3.63) is 44.9 Å². The Balaban J connectivity index is 2.11. The average molecular weight is 276 g/mol. The van der Waals surface area contributed by atoms with Gasteiger partial charge >= 0.3 is 0 Å². The van der Waals surface area contributed by atoms with Crippen LogP contribution in [-0.4, -0.2) is 11.5 Å². The summed E-state index contributed by atoms with van der Waals surface area (Å²) in [5, 5.41) is 3.06. The second kappa shape index (κ2) is 6.17. The summed E-state index contributed by atoms with van der Waals surface area (Å²) in [6.07, 6.45) is 0.910. The first-order valence-corrected chi connectivity index (χ1v) is 7.32. The zero-order chi connectivity index (χ0) is 13.8. The van der Waals surface area contributed by atoms with E-state index in [0.717, 1.165) is 34.0 Å². The van der Waals surface area contributed by atoms with Gasteiger partial charge in [0.2, 0.25) is 0 Å². The Hall–Kier alpha value is -1.39. The number of thiazole rings is 1. The lowest BCUT2D eigenvalue weighted by molar-refractivity contribution is 0.301. The Morgan fingerprint density at radius 3 is 2.42 bits per heavy atom. The van der Waals surface area contributed by atoms with Crippen LogP contribution in [0.4, 0.5) is 0 Å². The maximum atomic E-state index is 5.92. The van der Waals surface area contributed by atoms with Crippen molar-refractivity contribution in [2.45, 2.75) is 33.8 Å². The second-order valence-corrected chi connectivity index (χ2v) is 5.71. The minimum atomic E-state index is 0.538. The molecule has 1 aromatic carbocycles. The molecule has 0 spiro atoms. The number of hydrogen-bond acceptors (Lipinski definition) is 4. The zero-order valence-electron chi connectivity index (χ0n) is 11.7. The molecule has 3 nitrogen and oxygen atoms in total. The second-order valence-electron chi connectivity index (χ2n) is 4.77. The van der Waals surface area contributed by atoms with E-state index in [2.05, 4.69) is 31.0 Å². The fourth-order valence-electron chi connectivity index (χ4n) is 2.18. The van der Waals surface area contributed by atoms with Gasteiger partial charge < -0.3 is 10.5 Å². The van der Waals surface area contributed by atoms with Crippen molar-refractivity contribution < 1.29 is 4.74 Å². The molecule has 0 fully saturated rings. The van der Waals surface area contributed by atoms with Gasteiger partial charge in [-0.25, -0.2) is 4.98 Å². The van der Waals surface area contributed by atoms with E-state index in [1.54, 1.807) is 11.3 Å². The van der Waals surface area contributed by atoms with Crippen LogP contribution >= 0.6 is 11.3 Å². The van der Waals surface area contributed by atoms with Gasteiger partial charge in [-0.15, -0.1) is 11.3 Å². The molecule has 2 rings (SSSR count). The Morgan fingerprint density at radius 1 is 1.21 bits per heavy atom. The lowest BCUT2D eigenvalue weighted by Gasteiger charge is -2.13. The van der Waals surface area contributed by atoms with Gasteiger partial charge in [0.25, 0.3) is 0 Å². The van der Waals surface area contributed by atoms with Crippen molar-refractivity contribution in [2.75, 3.05) is 6.54 Å². The molecule has 19 heavy (non-hydrogen) atoms. The van der Waals surface area contributed by atoms with Gasteiger partial charge in [-0.05, 0) is 50.4 Å². The van der Waals surface area contributed by atoms with Crippen LogP contribution in [0.2, 0.25) is 0 Å². The molecule has 0 aliphatic carbocycles. The third-order valence-corrected chi connectivity index (χ3v) is 3.90. The third kappa shape index (κ3) is 3.55. The van der Waals surface area contributed by atoms with Gasteiger partial charge in [0.15, 0.2) is 0 Å². The molecular weight excluding hydrogens is 256 g/mol. The van der Waals surface area contributed by atoms with Crippen molar-refractivity contribution in [3.8, 4) is 5.75 Å². The smallest absolute Gasteiger partial charge is 0.140 e. The summed E-state index contributed by atoms with van der Waals surface area (Å²) < 4.78 is 5.92. The van der Waals surface area contributed by atoms with Crippen LogP contribution in [0.15, 0.2) is 17.5 Å². The van der Waals surface area contributed by atoms with Crippen molar-refractivity contribution in [3.63, 3.8) is 0 Å². The van der Waals surface area contributed by atoms with Crippen LogP contribution in [0.1, 0.15) is 27.4 Å². The molecular formula is C15H20N2OS. The number of hydrogen-bond donors (Lipinski definition) is 1. The standard InChI is InChI=1S/C15H20N2OS/c1-10-6-13(4-5-16)7-11(2)15(10)18-8-14-17-12(3)9-19-14/h6-7,9H,4-5,8,16H2,1-3H3. The Labute approximate surface area is 118 Å². The minimum Gasteiger partial charge on any atom is -0.486 e. The quantitative estimate of drug-likeness (QED) is 0.912. The summed E-state index contributed by atoms with van der Waals surface area (Å²) in [5.74, 6) is 0.966. The van der Waals surface area contributed by atoms with E-state index in [4.69, 9.17) is 10.5 Å². The van der Waals surface area contributed by atoms with Crippen LogP contribution in [0.3, 0.4) is 0 Å². The van der Waals surface area contributed by atoms with Gasteiger partial charge in [-0.1, -0.05) is 12.1 Å². The normalized spacial score (nSPS) is 10.7. The maximum absolute atomic E-state index is 5.92. The Bertz CT molecular complexity index is 540. The highest BCUT2D eigenvalue weighted by Gasteiger charge is 2.08. The summed E-state index contributed by atoms with van der Waals surface area (Å²) in [6, 6.07) is 4.31. The van der Waals surface area contributed by atoms with E-state index >= 15 is 0 Å². The van der Waals surface area contributed by atoms with E-state index in [0.29, 0.717) is 13.2 Å². The monoisotopic (exact) mass is 276 g/mol. The zero-order valence-corrected chi connectivity index (χ0v) is 12.5. The highest BCUT2D eigenvalue weighted by atomic mass is 32.1. The van der Waals surface area contributed by atoms with Gasteiger partial charge in [-0.2, -0.15) is 0 Å². The van der Waals surface area contributed by atoms with E-state index in [1.165, 1.54) is 5.56 Å². The molecule has 0 atom stereocenters. The molecule has 102 valence electrons. The van der Waals surface area contributed by atoms with Crippen LogP contribution in [-0.2, 0) is 13.0 Å². The molecule has 4 heteroatoms. The first kappa shape index (κ1) is 14.0. The molecule has 0 saturated heterocycles.